The van der Waals surface area contributed by atoms with E-state index in [4.69, 9.17) is 0 Å². The van der Waals surface area contributed by atoms with Crippen LogP contribution in [0.5, 0.6) is 0 Å². The van der Waals surface area contributed by atoms with Crippen LogP contribution in [-0.2, 0) is 17.6 Å². The van der Waals surface area contributed by atoms with Gasteiger partial charge in [-0.15, -0.1) is 0 Å². The van der Waals surface area contributed by atoms with Crippen molar-refractivity contribution in [1.82, 2.24) is 5.32 Å². The molecular weight excluding hydrogens is 222 g/mol. The lowest BCUT2D eigenvalue weighted by Gasteiger charge is -2.08. The Balaban J connectivity index is 2.28. The molecule has 2 rings (SSSR count). The molecule has 0 aliphatic carbocycles. The predicted octanol–water partition coefficient (Wildman–Crippen LogP) is 3.08. The van der Waals surface area contributed by atoms with Crippen LogP contribution in [-0.4, -0.2) is 12.5 Å². The first-order valence-electron chi connectivity index (χ1n) is 6.45. The van der Waals surface area contributed by atoms with Gasteiger partial charge in [0.05, 0.1) is 0 Å². The van der Waals surface area contributed by atoms with Gasteiger partial charge in [-0.05, 0) is 34.7 Å². The SMILES string of the molecule is CCc1ccc2cccc(CCNC(C)=O)c2c1. The third-order valence-electron chi connectivity index (χ3n) is 3.21. The minimum Gasteiger partial charge on any atom is -0.356 e. The number of hydrogen-bond acceptors (Lipinski definition) is 1. The molecule has 0 heterocycles. The van der Waals surface area contributed by atoms with Gasteiger partial charge in [-0.2, -0.15) is 0 Å². The molecule has 0 aromatic heterocycles. The fourth-order valence-corrected chi connectivity index (χ4v) is 2.20. The van der Waals surface area contributed by atoms with Crippen molar-refractivity contribution in [3.05, 3.63) is 47.5 Å². The predicted molar refractivity (Wildman–Crippen MR) is 75.7 cm³/mol. The highest BCUT2D eigenvalue weighted by Gasteiger charge is 2.02. The van der Waals surface area contributed by atoms with Crippen molar-refractivity contribution >= 4 is 16.7 Å². The van der Waals surface area contributed by atoms with Gasteiger partial charge in [-0.1, -0.05) is 43.3 Å². The van der Waals surface area contributed by atoms with E-state index in [9.17, 15) is 4.79 Å². The zero-order chi connectivity index (χ0) is 13.0. The van der Waals surface area contributed by atoms with E-state index < -0.39 is 0 Å². The van der Waals surface area contributed by atoms with Crippen molar-refractivity contribution < 1.29 is 4.79 Å². The van der Waals surface area contributed by atoms with Crippen LogP contribution >= 0.6 is 0 Å². The lowest BCUT2D eigenvalue weighted by atomic mass is 9.99. The largest absolute Gasteiger partial charge is 0.356 e. The molecule has 2 aromatic carbocycles. The molecule has 0 saturated heterocycles. The molecular formula is C16H19NO. The van der Waals surface area contributed by atoms with E-state index in [1.54, 1.807) is 6.92 Å². The van der Waals surface area contributed by atoms with E-state index in [-0.39, 0.29) is 5.91 Å². The Kier molecular flexibility index (Phi) is 3.98. The van der Waals surface area contributed by atoms with Gasteiger partial charge in [-0.3, -0.25) is 4.79 Å². The molecule has 1 amide bonds. The first-order valence-corrected chi connectivity index (χ1v) is 6.45. The third-order valence-corrected chi connectivity index (χ3v) is 3.21. The van der Waals surface area contributed by atoms with E-state index in [2.05, 4.69) is 48.6 Å². The number of rotatable bonds is 4. The first kappa shape index (κ1) is 12.6. The number of nitrogens with one attached hydrogen (secondary N) is 1. The molecule has 0 unspecified atom stereocenters. The van der Waals surface area contributed by atoms with Gasteiger partial charge < -0.3 is 5.32 Å². The van der Waals surface area contributed by atoms with Crippen molar-refractivity contribution in [3.63, 3.8) is 0 Å². The molecule has 0 spiro atoms. The van der Waals surface area contributed by atoms with Gasteiger partial charge in [0.2, 0.25) is 5.91 Å². The number of carbonyl (C=O) groups is 1. The topological polar surface area (TPSA) is 29.1 Å². The first-order chi connectivity index (χ1) is 8.70. The number of fused-ring (bicyclic) bond motifs is 1. The summed E-state index contributed by atoms with van der Waals surface area (Å²) < 4.78 is 0. The summed E-state index contributed by atoms with van der Waals surface area (Å²) in [6.07, 6.45) is 1.93. The van der Waals surface area contributed by atoms with Crippen LogP contribution in [0.25, 0.3) is 10.8 Å². The molecule has 0 aliphatic rings. The molecule has 18 heavy (non-hydrogen) atoms. The molecule has 0 bridgehead atoms. The molecule has 94 valence electrons. The van der Waals surface area contributed by atoms with Gasteiger partial charge >= 0.3 is 0 Å². The van der Waals surface area contributed by atoms with E-state index in [1.165, 1.54) is 21.9 Å². The zero-order valence-corrected chi connectivity index (χ0v) is 11.0. The summed E-state index contributed by atoms with van der Waals surface area (Å²) in [6, 6.07) is 13.0. The summed E-state index contributed by atoms with van der Waals surface area (Å²) in [5, 5.41) is 5.43. The molecule has 0 aliphatic heterocycles. The molecule has 2 heteroatoms. The summed E-state index contributed by atoms with van der Waals surface area (Å²) in [5.41, 5.74) is 2.66. The second-order valence-electron chi connectivity index (χ2n) is 4.56. The summed E-state index contributed by atoms with van der Waals surface area (Å²) in [4.78, 5) is 10.9. The summed E-state index contributed by atoms with van der Waals surface area (Å²) in [5.74, 6) is 0.0319. The van der Waals surface area contributed by atoms with Gasteiger partial charge in [0.15, 0.2) is 0 Å². The van der Waals surface area contributed by atoms with Crippen LogP contribution in [0.1, 0.15) is 25.0 Å². The molecule has 2 aromatic rings. The fourth-order valence-electron chi connectivity index (χ4n) is 2.20. The maximum absolute atomic E-state index is 10.9. The molecule has 2 nitrogen and oxygen atoms in total. The average molecular weight is 241 g/mol. The van der Waals surface area contributed by atoms with Crippen LogP contribution < -0.4 is 5.32 Å². The van der Waals surface area contributed by atoms with Gasteiger partial charge in [-0.25, -0.2) is 0 Å². The number of hydrogen-bond donors (Lipinski definition) is 1. The van der Waals surface area contributed by atoms with E-state index in [0.29, 0.717) is 6.54 Å². The van der Waals surface area contributed by atoms with Crippen LogP contribution in [0.15, 0.2) is 36.4 Å². The van der Waals surface area contributed by atoms with E-state index >= 15 is 0 Å². The second kappa shape index (κ2) is 5.67. The van der Waals surface area contributed by atoms with Crippen LogP contribution in [0.2, 0.25) is 0 Å². The number of carbonyl (C=O) groups excluding carboxylic acids is 1. The summed E-state index contributed by atoms with van der Waals surface area (Å²) >= 11 is 0. The van der Waals surface area contributed by atoms with Crippen molar-refractivity contribution in [2.45, 2.75) is 26.7 Å². The summed E-state index contributed by atoms with van der Waals surface area (Å²) in [6.45, 7) is 4.42. The van der Waals surface area contributed by atoms with Crippen molar-refractivity contribution in [2.24, 2.45) is 0 Å². The third kappa shape index (κ3) is 2.89. The Hall–Kier alpha value is -1.83. The second-order valence-corrected chi connectivity index (χ2v) is 4.56. The van der Waals surface area contributed by atoms with Gasteiger partial charge in [0.25, 0.3) is 0 Å². The summed E-state index contributed by atoms with van der Waals surface area (Å²) in [7, 11) is 0. The Morgan fingerprint density at radius 2 is 2.06 bits per heavy atom. The molecule has 0 fully saturated rings. The highest BCUT2D eigenvalue weighted by atomic mass is 16.1. The van der Waals surface area contributed by atoms with E-state index in [0.717, 1.165) is 12.8 Å². The Bertz CT molecular complexity index is 560. The van der Waals surface area contributed by atoms with E-state index in [1.807, 2.05) is 0 Å². The Labute approximate surface area is 108 Å². The smallest absolute Gasteiger partial charge is 0.216 e. The molecule has 0 saturated carbocycles. The quantitative estimate of drug-likeness (QED) is 0.875. The standard InChI is InChI=1S/C16H19NO/c1-3-13-7-8-14-5-4-6-15(16(14)11-13)9-10-17-12(2)18/h4-8,11H,3,9-10H2,1-2H3,(H,17,18). The normalized spacial score (nSPS) is 10.6. The number of benzene rings is 2. The van der Waals surface area contributed by atoms with Crippen molar-refractivity contribution in [2.75, 3.05) is 6.54 Å². The van der Waals surface area contributed by atoms with Gasteiger partial charge in [0, 0.05) is 13.5 Å². The Morgan fingerprint density at radius 3 is 2.78 bits per heavy atom. The maximum atomic E-state index is 10.9. The highest BCUT2D eigenvalue weighted by Crippen LogP contribution is 2.21. The van der Waals surface area contributed by atoms with Crippen LogP contribution in [0.3, 0.4) is 0 Å². The molecule has 0 radical (unpaired) electrons. The van der Waals surface area contributed by atoms with Crippen LogP contribution in [0.4, 0.5) is 0 Å². The highest BCUT2D eigenvalue weighted by molar-refractivity contribution is 5.86. The molecule has 0 atom stereocenters. The lowest BCUT2D eigenvalue weighted by molar-refractivity contribution is -0.118. The van der Waals surface area contributed by atoms with Crippen molar-refractivity contribution in [3.8, 4) is 0 Å². The monoisotopic (exact) mass is 241 g/mol. The average Bonchev–Trinajstić information content (AvgIpc) is 2.38. The number of amides is 1. The minimum absolute atomic E-state index is 0.0319. The van der Waals surface area contributed by atoms with Crippen molar-refractivity contribution in [1.29, 1.82) is 0 Å². The number of aryl methyl sites for hydroxylation is 1. The Morgan fingerprint density at radius 1 is 1.22 bits per heavy atom. The minimum atomic E-state index is 0.0319. The maximum Gasteiger partial charge on any atom is 0.216 e. The fraction of sp³-hybridized carbons (Fsp3) is 0.312. The zero-order valence-electron chi connectivity index (χ0n) is 11.0. The van der Waals surface area contributed by atoms with Gasteiger partial charge in [0.1, 0.15) is 0 Å². The van der Waals surface area contributed by atoms with Crippen LogP contribution in [0, 0.1) is 0 Å². The lowest BCUT2D eigenvalue weighted by Crippen LogP contribution is -2.22. The molecule has 1 N–H and O–H groups in total.